The predicted molar refractivity (Wildman–Crippen MR) is 131 cm³/mol. The molecule has 9 nitrogen and oxygen atoms in total. The van der Waals surface area contributed by atoms with Gasteiger partial charge in [0.1, 0.15) is 5.82 Å². The number of rotatable bonds is 9. The highest BCUT2D eigenvalue weighted by Gasteiger charge is 2.28. The molecule has 0 bridgehead atoms. The Kier molecular flexibility index (Phi) is 6.60. The van der Waals surface area contributed by atoms with Gasteiger partial charge in [-0.15, -0.1) is 5.10 Å². The van der Waals surface area contributed by atoms with E-state index in [1.54, 1.807) is 44.6 Å². The summed E-state index contributed by atoms with van der Waals surface area (Å²) in [6.07, 6.45) is 2.00. The summed E-state index contributed by atoms with van der Waals surface area (Å²) in [4.78, 5) is 7.10. The molecule has 0 radical (unpaired) electrons. The molecule has 0 aliphatic rings. The molecule has 0 saturated heterocycles. The number of benzene rings is 2. The Morgan fingerprint density at radius 1 is 1.03 bits per heavy atom. The monoisotopic (exact) mass is 483 g/mol. The molecule has 10 heteroatoms. The summed E-state index contributed by atoms with van der Waals surface area (Å²) >= 11 is 0. The summed E-state index contributed by atoms with van der Waals surface area (Å²) in [5.74, 6) is 1.71. The van der Waals surface area contributed by atoms with Gasteiger partial charge in [-0.2, -0.15) is 4.52 Å². The van der Waals surface area contributed by atoms with Gasteiger partial charge in [0.15, 0.2) is 17.1 Å². The smallest absolute Gasteiger partial charge is 0.229 e. The highest BCUT2D eigenvalue weighted by molar-refractivity contribution is 7.91. The normalized spacial score (nSPS) is 11.8. The fraction of sp³-hybridized carbons (Fsp3) is 0.375. The van der Waals surface area contributed by atoms with Crippen molar-refractivity contribution in [1.29, 1.82) is 0 Å². The van der Waals surface area contributed by atoms with Crippen LogP contribution in [-0.4, -0.2) is 55.5 Å². The quantitative estimate of drug-likeness (QED) is 0.351. The number of unbranched alkanes of at least 4 members (excludes halogenated alkanes) is 1. The first-order valence-electron chi connectivity index (χ1n) is 11.2. The largest absolute Gasteiger partial charge is 0.493 e. The van der Waals surface area contributed by atoms with Crippen LogP contribution in [0.4, 0.5) is 5.82 Å². The lowest BCUT2D eigenvalue weighted by molar-refractivity contribution is 0.355. The topological polar surface area (TPSA) is 98.9 Å². The molecular formula is C24H29N5O4S. The van der Waals surface area contributed by atoms with E-state index in [1.807, 2.05) is 19.9 Å². The molecule has 0 amide bonds. The molecule has 0 unspecified atom stereocenters. The van der Waals surface area contributed by atoms with E-state index in [9.17, 15) is 8.42 Å². The van der Waals surface area contributed by atoms with Gasteiger partial charge in [0, 0.05) is 24.5 Å². The highest BCUT2D eigenvalue weighted by Crippen LogP contribution is 2.37. The number of methoxy groups -OCH3 is 2. The van der Waals surface area contributed by atoms with Crippen LogP contribution in [0.5, 0.6) is 11.5 Å². The van der Waals surface area contributed by atoms with Crippen molar-refractivity contribution < 1.29 is 17.9 Å². The maximum Gasteiger partial charge on any atom is 0.229 e. The molecule has 0 fully saturated rings. The minimum absolute atomic E-state index is 0.148. The van der Waals surface area contributed by atoms with Crippen molar-refractivity contribution in [2.24, 2.45) is 0 Å². The van der Waals surface area contributed by atoms with E-state index in [0.717, 1.165) is 30.3 Å². The van der Waals surface area contributed by atoms with Crippen LogP contribution in [0.2, 0.25) is 0 Å². The van der Waals surface area contributed by atoms with Gasteiger partial charge in [-0.3, -0.25) is 0 Å². The molecule has 0 atom stereocenters. The fourth-order valence-electron chi connectivity index (χ4n) is 3.91. The maximum atomic E-state index is 13.5. The van der Waals surface area contributed by atoms with Crippen molar-refractivity contribution in [1.82, 2.24) is 19.8 Å². The van der Waals surface area contributed by atoms with E-state index in [1.165, 1.54) is 4.52 Å². The van der Waals surface area contributed by atoms with Gasteiger partial charge in [-0.1, -0.05) is 36.3 Å². The average molecular weight is 484 g/mol. The van der Waals surface area contributed by atoms with Gasteiger partial charge in [-0.05, 0) is 38.5 Å². The van der Waals surface area contributed by atoms with Crippen LogP contribution in [0.15, 0.2) is 46.3 Å². The fourth-order valence-corrected chi connectivity index (χ4v) is 5.14. The molecule has 2 heterocycles. The van der Waals surface area contributed by atoms with Crippen LogP contribution in [0, 0.1) is 6.92 Å². The third kappa shape index (κ3) is 4.02. The number of fused-ring (bicyclic) bond motifs is 3. The predicted octanol–water partition coefficient (Wildman–Crippen LogP) is 4.06. The second-order valence-corrected chi connectivity index (χ2v) is 9.90. The maximum absolute atomic E-state index is 13.5. The summed E-state index contributed by atoms with van der Waals surface area (Å²) in [6, 6.07) is 10.3. The van der Waals surface area contributed by atoms with Gasteiger partial charge in [0.2, 0.25) is 14.9 Å². The van der Waals surface area contributed by atoms with Crippen molar-refractivity contribution in [2.45, 2.75) is 43.5 Å². The van der Waals surface area contributed by atoms with Crippen molar-refractivity contribution in [3.8, 4) is 11.5 Å². The van der Waals surface area contributed by atoms with E-state index in [-0.39, 0.29) is 15.6 Å². The van der Waals surface area contributed by atoms with Crippen LogP contribution in [0.25, 0.3) is 16.6 Å². The number of aryl methyl sites for hydroxylation is 1. The van der Waals surface area contributed by atoms with Gasteiger partial charge in [0.05, 0.1) is 24.6 Å². The van der Waals surface area contributed by atoms with Gasteiger partial charge in [-0.25, -0.2) is 13.4 Å². The van der Waals surface area contributed by atoms with Gasteiger partial charge < -0.3 is 14.4 Å². The molecule has 0 aliphatic heterocycles. The molecule has 180 valence electrons. The van der Waals surface area contributed by atoms with Gasteiger partial charge >= 0.3 is 0 Å². The van der Waals surface area contributed by atoms with Crippen molar-refractivity contribution in [3.05, 3.63) is 42.0 Å². The molecule has 2 aromatic heterocycles. The SMILES string of the molecule is CCCCN(CC)c1nc2c(S(=O)(=O)c3ccc(C)cc3)nnn2c2cc(OC)c(OC)cc12. The van der Waals surface area contributed by atoms with Gasteiger partial charge in [0.25, 0.3) is 0 Å². The molecule has 0 spiro atoms. The van der Waals surface area contributed by atoms with Crippen molar-refractivity contribution >= 4 is 32.2 Å². The Hall–Kier alpha value is -3.40. The summed E-state index contributed by atoms with van der Waals surface area (Å²) in [5, 5.41) is 8.85. The highest BCUT2D eigenvalue weighted by atomic mass is 32.2. The van der Waals surface area contributed by atoms with Crippen LogP contribution in [-0.2, 0) is 9.84 Å². The molecule has 0 saturated carbocycles. The molecule has 0 aliphatic carbocycles. The molecule has 2 aromatic carbocycles. The Bertz CT molecular complexity index is 1430. The average Bonchev–Trinajstić information content (AvgIpc) is 3.28. The van der Waals surface area contributed by atoms with Crippen LogP contribution < -0.4 is 14.4 Å². The molecule has 0 N–H and O–H groups in total. The first kappa shape index (κ1) is 23.7. The zero-order valence-corrected chi connectivity index (χ0v) is 20.9. The Labute approximate surface area is 199 Å². The van der Waals surface area contributed by atoms with E-state index < -0.39 is 9.84 Å². The number of hydrogen-bond acceptors (Lipinski definition) is 8. The third-order valence-corrected chi connectivity index (χ3v) is 7.51. The third-order valence-electron chi connectivity index (χ3n) is 5.85. The Balaban J connectivity index is 2.04. The number of nitrogens with zero attached hydrogens (tertiary/aromatic N) is 5. The lowest BCUT2D eigenvalue weighted by Gasteiger charge is -2.24. The van der Waals surface area contributed by atoms with Crippen LogP contribution >= 0.6 is 0 Å². The van der Waals surface area contributed by atoms with E-state index in [2.05, 4.69) is 22.1 Å². The number of aromatic nitrogens is 4. The van der Waals surface area contributed by atoms with E-state index in [4.69, 9.17) is 14.5 Å². The molecular weight excluding hydrogens is 454 g/mol. The lowest BCUT2D eigenvalue weighted by atomic mass is 10.2. The number of ether oxygens (including phenoxy) is 2. The standard InChI is InChI=1S/C24H29N5O4S/c1-6-8-13-28(7-2)22-18-14-20(32-4)21(33-5)15-19(18)29-23(25-22)24(26-27-29)34(30,31)17-11-9-16(3)10-12-17/h9-12,14-15H,6-8,13H2,1-5H3. The number of anilines is 1. The number of sulfone groups is 1. The Morgan fingerprint density at radius 3 is 2.32 bits per heavy atom. The molecule has 34 heavy (non-hydrogen) atoms. The first-order chi connectivity index (χ1) is 16.3. The van der Waals surface area contributed by atoms with Crippen LogP contribution in [0.3, 0.4) is 0 Å². The minimum atomic E-state index is -3.93. The minimum Gasteiger partial charge on any atom is -0.493 e. The molecule has 4 rings (SSSR count). The summed E-state index contributed by atoms with van der Waals surface area (Å²) in [5.41, 5.74) is 1.77. The van der Waals surface area contributed by atoms with Crippen LogP contribution in [0.1, 0.15) is 32.3 Å². The van der Waals surface area contributed by atoms with Crippen molar-refractivity contribution in [3.63, 3.8) is 0 Å². The van der Waals surface area contributed by atoms with Crippen molar-refractivity contribution in [2.75, 3.05) is 32.2 Å². The lowest BCUT2D eigenvalue weighted by Crippen LogP contribution is -2.25. The zero-order valence-electron chi connectivity index (χ0n) is 20.1. The van der Waals surface area contributed by atoms with E-state index >= 15 is 0 Å². The second-order valence-electron chi connectivity index (χ2n) is 8.04. The second kappa shape index (κ2) is 9.46. The zero-order chi connectivity index (χ0) is 24.5. The summed E-state index contributed by atoms with van der Waals surface area (Å²) in [6.45, 7) is 7.56. The Morgan fingerprint density at radius 2 is 1.71 bits per heavy atom. The van der Waals surface area contributed by atoms with E-state index in [0.29, 0.717) is 29.4 Å². The summed E-state index contributed by atoms with van der Waals surface area (Å²) in [7, 11) is -0.806. The summed E-state index contributed by atoms with van der Waals surface area (Å²) < 4.78 is 39.5. The number of hydrogen-bond donors (Lipinski definition) is 0. The molecule has 4 aromatic rings. The first-order valence-corrected chi connectivity index (χ1v) is 12.7.